The van der Waals surface area contributed by atoms with E-state index in [2.05, 4.69) is 4.98 Å². The maximum absolute atomic E-state index is 12.4. The van der Waals surface area contributed by atoms with Gasteiger partial charge in [-0.25, -0.2) is 9.78 Å². The van der Waals surface area contributed by atoms with Crippen LogP contribution in [-0.4, -0.2) is 16.1 Å². The van der Waals surface area contributed by atoms with E-state index in [1.54, 1.807) is 12.1 Å². The zero-order valence-electron chi connectivity index (χ0n) is 13.8. The summed E-state index contributed by atoms with van der Waals surface area (Å²) in [6.45, 7) is 0.0639. The van der Waals surface area contributed by atoms with Crippen molar-refractivity contribution in [1.82, 2.24) is 4.98 Å². The van der Waals surface area contributed by atoms with Crippen LogP contribution in [0.1, 0.15) is 16.1 Å². The molecule has 0 radical (unpaired) electrons. The predicted molar refractivity (Wildman–Crippen MR) is 102 cm³/mol. The number of aromatic hydroxyl groups is 1. The van der Waals surface area contributed by atoms with E-state index in [1.807, 2.05) is 60.0 Å². The van der Waals surface area contributed by atoms with Crippen LogP contribution in [0, 0.1) is 0 Å². The highest BCUT2D eigenvalue weighted by Crippen LogP contribution is 2.27. The molecule has 5 heteroatoms. The van der Waals surface area contributed by atoms with Crippen LogP contribution in [-0.2, 0) is 11.3 Å². The van der Waals surface area contributed by atoms with Gasteiger partial charge in [-0.15, -0.1) is 11.3 Å². The molecule has 3 aromatic carbocycles. The number of benzene rings is 3. The third-order valence-electron chi connectivity index (χ3n) is 4.01. The highest BCUT2D eigenvalue weighted by atomic mass is 32.1. The number of nitrogens with zero attached hydrogens (tertiary/aromatic N) is 1. The van der Waals surface area contributed by atoms with Crippen LogP contribution in [0.15, 0.2) is 72.1 Å². The van der Waals surface area contributed by atoms with E-state index >= 15 is 0 Å². The maximum Gasteiger partial charge on any atom is 0.342 e. The lowest BCUT2D eigenvalue weighted by Crippen LogP contribution is -2.06. The monoisotopic (exact) mass is 361 g/mol. The Hall–Kier alpha value is -3.18. The molecule has 26 heavy (non-hydrogen) atoms. The Labute approximate surface area is 154 Å². The van der Waals surface area contributed by atoms with Crippen LogP contribution >= 0.6 is 11.3 Å². The first kappa shape index (κ1) is 16.3. The lowest BCUT2D eigenvalue weighted by atomic mass is 10.1. The largest absolute Gasteiger partial charge is 0.507 e. The smallest absolute Gasteiger partial charge is 0.342 e. The Morgan fingerprint density at radius 2 is 1.69 bits per heavy atom. The Morgan fingerprint density at radius 1 is 1.00 bits per heavy atom. The van der Waals surface area contributed by atoms with Gasteiger partial charge in [-0.3, -0.25) is 0 Å². The first-order valence-corrected chi connectivity index (χ1v) is 8.97. The first-order valence-electron chi connectivity index (χ1n) is 8.09. The van der Waals surface area contributed by atoms with Crippen molar-refractivity contribution in [3.63, 3.8) is 0 Å². The van der Waals surface area contributed by atoms with Crippen molar-refractivity contribution < 1.29 is 14.6 Å². The normalized spacial score (nSPS) is 10.8. The van der Waals surface area contributed by atoms with Gasteiger partial charge in [0.15, 0.2) is 0 Å². The van der Waals surface area contributed by atoms with Crippen molar-refractivity contribution in [2.24, 2.45) is 0 Å². The van der Waals surface area contributed by atoms with E-state index in [4.69, 9.17) is 4.74 Å². The van der Waals surface area contributed by atoms with Gasteiger partial charge in [0, 0.05) is 10.9 Å². The van der Waals surface area contributed by atoms with Gasteiger partial charge in [0.25, 0.3) is 0 Å². The molecule has 0 aliphatic carbocycles. The van der Waals surface area contributed by atoms with Gasteiger partial charge < -0.3 is 9.84 Å². The van der Waals surface area contributed by atoms with Crippen molar-refractivity contribution in [3.8, 4) is 16.3 Å². The van der Waals surface area contributed by atoms with Crippen molar-refractivity contribution >= 4 is 28.1 Å². The Kier molecular flexibility index (Phi) is 4.37. The summed E-state index contributed by atoms with van der Waals surface area (Å²) in [7, 11) is 0. The minimum atomic E-state index is -0.567. The summed E-state index contributed by atoms with van der Waals surface area (Å²) in [4.78, 5) is 16.8. The molecule has 0 aliphatic rings. The average molecular weight is 361 g/mol. The van der Waals surface area contributed by atoms with Crippen molar-refractivity contribution in [3.05, 3.63) is 83.4 Å². The van der Waals surface area contributed by atoms with E-state index < -0.39 is 5.97 Å². The first-order chi connectivity index (χ1) is 12.7. The highest BCUT2D eigenvalue weighted by molar-refractivity contribution is 7.13. The molecule has 1 aromatic heterocycles. The molecular weight excluding hydrogens is 346 g/mol. The zero-order valence-corrected chi connectivity index (χ0v) is 14.6. The molecule has 4 nitrogen and oxygen atoms in total. The summed E-state index contributed by atoms with van der Waals surface area (Å²) in [5.74, 6) is -0.653. The van der Waals surface area contributed by atoms with Crippen LogP contribution < -0.4 is 0 Å². The number of phenolic OH excluding ortho intramolecular Hbond substituents is 1. The average Bonchev–Trinajstić information content (AvgIpc) is 3.15. The van der Waals surface area contributed by atoms with Crippen molar-refractivity contribution in [2.45, 2.75) is 6.61 Å². The van der Waals surface area contributed by atoms with E-state index in [9.17, 15) is 9.90 Å². The number of rotatable bonds is 4. The van der Waals surface area contributed by atoms with Gasteiger partial charge in [0.05, 0.1) is 5.69 Å². The Balaban J connectivity index is 1.49. The number of carbonyl (C=O) groups excluding carboxylic acids is 1. The molecule has 0 fully saturated rings. The fourth-order valence-electron chi connectivity index (χ4n) is 2.70. The molecule has 4 aromatic rings. The van der Waals surface area contributed by atoms with Crippen LogP contribution in [0.2, 0.25) is 0 Å². The minimum absolute atomic E-state index is 0.0639. The molecule has 0 spiro atoms. The second kappa shape index (κ2) is 6.98. The van der Waals surface area contributed by atoms with Crippen LogP contribution in [0.25, 0.3) is 21.3 Å². The molecule has 0 atom stereocenters. The number of carbonyl (C=O) groups is 1. The van der Waals surface area contributed by atoms with Crippen LogP contribution in [0.5, 0.6) is 5.75 Å². The number of ether oxygens (including phenoxy) is 1. The number of hydrogen-bond acceptors (Lipinski definition) is 5. The standard InChI is InChI=1S/C21H15NO3S/c23-19-11-16-9-5-4-8-15(16)10-18(19)21(24)25-12-17-13-26-20(22-17)14-6-2-1-3-7-14/h1-11,13,23H,12H2. The lowest BCUT2D eigenvalue weighted by molar-refractivity contribution is 0.0465. The number of fused-ring (bicyclic) bond motifs is 1. The summed E-state index contributed by atoms with van der Waals surface area (Å²) in [6.07, 6.45) is 0. The Morgan fingerprint density at radius 3 is 2.46 bits per heavy atom. The summed E-state index contributed by atoms with van der Waals surface area (Å²) in [5, 5.41) is 14.6. The molecule has 1 heterocycles. The van der Waals surface area contributed by atoms with Gasteiger partial charge in [0.1, 0.15) is 22.9 Å². The molecule has 128 valence electrons. The van der Waals surface area contributed by atoms with Crippen LogP contribution in [0.4, 0.5) is 0 Å². The van der Waals surface area contributed by atoms with Crippen molar-refractivity contribution in [1.29, 1.82) is 0 Å². The highest BCUT2D eigenvalue weighted by Gasteiger charge is 2.15. The number of phenols is 1. The fraction of sp³-hybridized carbons (Fsp3) is 0.0476. The molecule has 0 saturated carbocycles. The predicted octanol–water partition coefficient (Wildman–Crippen LogP) is 5.03. The molecule has 0 unspecified atom stereocenters. The quantitative estimate of drug-likeness (QED) is 0.518. The third-order valence-corrected chi connectivity index (χ3v) is 4.95. The summed E-state index contributed by atoms with van der Waals surface area (Å²) in [5.41, 5.74) is 1.87. The summed E-state index contributed by atoms with van der Waals surface area (Å²) < 4.78 is 5.34. The van der Waals surface area contributed by atoms with E-state index in [0.29, 0.717) is 5.69 Å². The summed E-state index contributed by atoms with van der Waals surface area (Å²) >= 11 is 1.50. The third kappa shape index (κ3) is 3.30. The second-order valence-electron chi connectivity index (χ2n) is 5.80. The number of aromatic nitrogens is 1. The number of thiazole rings is 1. The van der Waals surface area contributed by atoms with Gasteiger partial charge in [-0.05, 0) is 22.9 Å². The lowest BCUT2D eigenvalue weighted by Gasteiger charge is -2.07. The molecule has 0 amide bonds. The topological polar surface area (TPSA) is 59.4 Å². The van der Waals surface area contributed by atoms with E-state index in [1.165, 1.54) is 11.3 Å². The minimum Gasteiger partial charge on any atom is -0.507 e. The van der Waals surface area contributed by atoms with Crippen LogP contribution in [0.3, 0.4) is 0 Å². The maximum atomic E-state index is 12.4. The number of hydrogen-bond donors (Lipinski definition) is 1. The van der Waals surface area contributed by atoms with Crippen molar-refractivity contribution in [2.75, 3.05) is 0 Å². The molecule has 0 aliphatic heterocycles. The zero-order chi connectivity index (χ0) is 17.9. The fourth-order valence-corrected chi connectivity index (χ4v) is 3.51. The molecule has 0 bridgehead atoms. The second-order valence-corrected chi connectivity index (χ2v) is 6.66. The summed E-state index contributed by atoms with van der Waals surface area (Å²) in [6, 6.07) is 20.6. The van der Waals surface area contributed by atoms with Gasteiger partial charge in [-0.2, -0.15) is 0 Å². The molecular formula is C21H15NO3S. The van der Waals surface area contributed by atoms with E-state index in [0.717, 1.165) is 21.3 Å². The number of esters is 1. The van der Waals surface area contributed by atoms with Gasteiger partial charge in [-0.1, -0.05) is 54.6 Å². The van der Waals surface area contributed by atoms with Gasteiger partial charge >= 0.3 is 5.97 Å². The van der Waals surface area contributed by atoms with Gasteiger partial charge in [0.2, 0.25) is 0 Å². The Bertz CT molecular complexity index is 1070. The van der Waals surface area contributed by atoms with E-state index in [-0.39, 0.29) is 17.9 Å². The molecule has 1 N–H and O–H groups in total. The SMILES string of the molecule is O=C(OCc1csc(-c2ccccc2)n1)c1cc2ccccc2cc1O. The molecule has 0 saturated heterocycles. The molecule has 4 rings (SSSR count).